The molecule has 0 amide bonds. The van der Waals surface area contributed by atoms with E-state index in [9.17, 15) is 5.26 Å². The summed E-state index contributed by atoms with van der Waals surface area (Å²) in [4.78, 5) is 9.96. The molecule has 3 saturated heterocycles. The second-order valence-corrected chi connectivity index (χ2v) is 8.84. The average Bonchev–Trinajstić information content (AvgIpc) is 3.49. The standard InChI is InChI=1S/C23H25N7O/c1-31-21-4-17(12-30-23(21)18(6-24)10-27-30)16-2-3-22(26-9-16)29-14-19-5-20(29)13-28(19)11-15-7-25-8-15/h2-4,9-10,12,15,19-20,25H,5,7-8,11,13-14H2,1H3. The molecule has 3 aromatic rings. The van der Waals surface area contributed by atoms with E-state index in [1.807, 2.05) is 18.5 Å². The van der Waals surface area contributed by atoms with E-state index in [1.54, 1.807) is 17.8 Å². The number of anilines is 1. The Bertz CT molecular complexity index is 1160. The third-order valence-corrected chi connectivity index (χ3v) is 7.01. The van der Waals surface area contributed by atoms with Gasteiger partial charge in [0.2, 0.25) is 0 Å². The zero-order valence-corrected chi connectivity index (χ0v) is 17.5. The van der Waals surface area contributed by atoms with E-state index in [0.717, 1.165) is 36.0 Å². The predicted molar refractivity (Wildman–Crippen MR) is 117 cm³/mol. The first-order chi connectivity index (χ1) is 15.2. The zero-order valence-electron chi connectivity index (χ0n) is 17.5. The molecule has 31 heavy (non-hydrogen) atoms. The molecule has 6 heterocycles. The van der Waals surface area contributed by atoms with E-state index < -0.39 is 0 Å². The quantitative estimate of drug-likeness (QED) is 0.680. The van der Waals surface area contributed by atoms with Crippen LogP contribution in [0.25, 0.3) is 16.6 Å². The highest BCUT2D eigenvalue weighted by Crippen LogP contribution is 2.35. The van der Waals surface area contributed by atoms with Crippen LogP contribution >= 0.6 is 0 Å². The maximum absolute atomic E-state index is 9.31. The highest BCUT2D eigenvalue weighted by atomic mass is 16.5. The van der Waals surface area contributed by atoms with Crippen molar-refractivity contribution < 1.29 is 4.74 Å². The first-order valence-corrected chi connectivity index (χ1v) is 10.9. The molecule has 0 aliphatic carbocycles. The number of nitrogens with one attached hydrogen (secondary N) is 1. The molecule has 0 radical (unpaired) electrons. The van der Waals surface area contributed by atoms with Crippen LogP contribution in [0.15, 0.2) is 36.8 Å². The van der Waals surface area contributed by atoms with E-state index in [1.165, 1.54) is 26.1 Å². The highest BCUT2D eigenvalue weighted by Gasteiger charge is 2.44. The van der Waals surface area contributed by atoms with Crippen LogP contribution < -0.4 is 15.0 Å². The van der Waals surface area contributed by atoms with Crippen LogP contribution in [-0.4, -0.2) is 71.4 Å². The predicted octanol–water partition coefficient (Wildman–Crippen LogP) is 1.76. The number of hydrogen-bond donors (Lipinski definition) is 1. The monoisotopic (exact) mass is 415 g/mol. The van der Waals surface area contributed by atoms with Gasteiger partial charge in [0.15, 0.2) is 0 Å². The Kier molecular flexibility index (Phi) is 4.33. The molecule has 3 aliphatic rings. The number of nitriles is 1. The first kappa shape index (κ1) is 18.6. The Balaban J connectivity index is 1.21. The number of likely N-dealkylation sites (tertiary alicyclic amines) is 1. The van der Waals surface area contributed by atoms with Gasteiger partial charge in [0.1, 0.15) is 28.7 Å². The lowest BCUT2D eigenvalue weighted by Gasteiger charge is -2.38. The van der Waals surface area contributed by atoms with Crippen LogP contribution in [-0.2, 0) is 0 Å². The molecule has 0 aromatic carbocycles. The number of rotatable bonds is 5. The molecular formula is C23H25N7O. The van der Waals surface area contributed by atoms with Gasteiger partial charge in [0.25, 0.3) is 0 Å². The number of hydrogen-bond acceptors (Lipinski definition) is 7. The normalized spacial score (nSPS) is 23.3. The molecule has 6 rings (SSSR count). The molecule has 2 bridgehead atoms. The maximum atomic E-state index is 9.31. The molecule has 0 saturated carbocycles. The van der Waals surface area contributed by atoms with Crippen LogP contribution in [0.2, 0.25) is 0 Å². The van der Waals surface area contributed by atoms with E-state index >= 15 is 0 Å². The van der Waals surface area contributed by atoms with Crippen molar-refractivity contribution in [3.05, 3.63) is 42.4 Å². The fraction of sp³-hybridized carbons (Fsp3) is 0.435. The third kappa shape index (κ3) is 3.04. The summed E-state index contributed by atoms with van der Waals surface area (Å²) < 4.78 is 7.23. The minimum absolute atomic E-state index is 0.503. The lowest BCUT2D eigenvalue weighted by molar-refractivity contribution is 0.171. The topological polar surface area (TPSA) is 81.7 Å². The van der Waals surface area contributed by atoms with E-state index in [0.29, 0.717) is 28.9 Å². The number of fused-ring (bicyclic) bond motifs is 3. The van der Waals surface area contributed by atoms with Gasteiger partial charge >= 0.3 is 0 Å². The molecule has 1 N–H and O–H groups in total. The number of nitrogens with zero attached hydrogens (tertiary/aromatic N) is 6. The summed E-state index contributed by atoms with van der Waals surface area (Å²) in [6.45, 7) is 5.81. The van der Waals surface area contributed by atoms with Gasteiger partial charge in [-0.3, -0.25) is 4.90 Å². The van der Waals surface area contributed by atoms with Crippen molar-refractivity contribution in [2.75, 3.05) is 44.7 Å². The second kappa shape index (κ2) is 7.22. The summed E-state index contributed by atoms with van der Waals surface area (Å²) in [7, 11) is 1.61. The molecular weight excluding hydrogens is 390 g/mol. The lowest BCUT2D eigenvalue weighted by atomic mass is 10.0. The zero-order chi connectivity index (χ0) is 20.9. The van der Waals surface area contributed by atoms with Gasteiger partial charge in [-0.15, -0.1) is 0 Å². The first-order valence-electron chi connectivity index (χ1n) is 10.9. The van der Waals surface area contributed by atoms with Crippen LogP contribution in [0, 0.1) is 17.2 Å². The van der Waals surface area contributed by atoms with Crippen molar-refractivity contribution >= 4 is 11.3 Å². The van der Waals surface area contributed by atoms with E-state index in [-0.39, 0.29) is 0 Å². The van der Waals surface area contributed by atoms with Gasteiger partial charge in [-0.05, 0) is 30.5 Å². The smallest absolute Gasteiger partial charge is 0.146 e. The third-order valence-electron chi connectivity index (χ3n) is 7.01. The van der Waals surface area contributed by atoms with E-state index in [2.05, 4.69) is 38.4 Å². The number of ether oxygens (including phenoxy) is 1. The molecule has 3 aromatic heterocycles. The Morgan fingerprint density at radius 2 is 2.10 bits per heavy atom. The summed E-state index contributed by atoms with van der Waals surface area (Å²) in [6, 6.07) is 9.58. The largest absolute Gasteiger partial charge is 0.494 e. The fourth-order valence-electron chi connectivity index (χ4n) is 5.27. The summed E-state index contributed by atoms with van der Waals surface area (Å²) in [5, 5.41) is 17.0. The summed E-state index contributed by atoms with van der Waals surface area (Å²) in [6.07, 6.45) is 6.66. The van der Waals surface area contributed by atoms with Crippen molar-refractivity contribution in [3.63, 3.8) is 0 Å². The van der Waals surface area contributed by atoms with Gasteiger partial charge < -0.3 is 15.0 Å². The van der Waals surface area contributed by atoms with Crippen molar-refractivity contribution in [1.29, 1.82) is 5.26 Å². The number of pyridine rings is 2. The second-order valence-electron chi connectivity index (χ2n) is 8.84. The molecule has 2 unspecified atom stereocenters. The van der Waals surface area contributed by atoms with Gasteiger partial charge in [0.05, 0.1) is 13.3 Å². The molecule has 8 nitrogen and oxygen atoms in total. The molecule has 2 atom stereocenters. The van der Waals surface area contributed by atoms with Gasteiger partial charge in [-0.1, -0.05) is 0 Å². The van der Waals surface area contributed by atoms with Crippen LogP contribution in [0.3, 0.4) is 0 Å². The van der Waals surface area contributed by atoms with Gasteiger partial charge in [0, 0.05) is 68.3 Å². The van der Waals surface area contributed by atoms with Crippen LogP contribution in [0.1, 0.15) is 12.0 Å². The Labute approximate surface area is 181 Å². The van der Waals surface area contributed by atoms with Crippen molar-refractivity contribution in [3.8, 4) is 22.9 Å². The van der Waals surface area contributed by atoms with Crippen LogP contribution in [0.4, 0.5) is 5.82 Å². The minimum Gasteiger partial charge on any atom is -0.494 e. The number of methoxy groups -OCH3 is 1. The molecule has 3 aliphatic heterocycles. The molecule has 0 spiro atoms. The number of piperazine rings is 1. The molecule has 3 fully saturated rings. The van der Waals surface area contributed by atoms with E-state index in [4.69, 9.17) is 9.72 Å². The Morgan fingerprint density at radius 3 is 2.74 bits per heavy atom. The SMILES string of the molecule is COc1cc(-c2ccc(N3CC4CC3CN4CC3CNC3)nc2)cn2ncc(C#N)c12. The minimum atomic E-state index is 0.503. The van der Waals surface area contributed by atoms with Gasteiger partial charge in [-0.25, -0.2) is 9.50 Å². The average molecular weight is 416 g/mol. The Hall–Kier alpha value is -3.15. The maximum Gasteiger partial charge on any atom is 0.146 e. The summed E-state index contributed by atoms with van der Waals surface area (Å²) in [5.41, 5.74) is 3.15. The number of aromatic nitrogens is 3. The highest BCUT2D eigenvalue weighted by molar-refractivity contribution is 5.75. The molecule has 158 valence electrons. The van der Waals surface area contributed by atoms with Crippen LogP contribution in [0.5, 0.6) is 5.75 Å². The Morgan fingerprint density at radius 1 is 1.19 bits per heavy atom. The van der Waals surface area contributed by atoms with Crippen molar-refractivity contribution in [2.24, 2.45) is 5.92 Å². The molecule has 8 heteroatoms. The van der Waals surface area contributed by atoms with Crippen molar-refractivity contribution in [2.45, 2.75) is 18.5 Å². The van der Waals surface area contributed by atoms with Crippen molar-refractivity contribution in [1.82, 2.24) is 24.8 Å². The van der Waals surface area contributed by atoms with Gasteiger partial charge in [-0.2, -0.15) is 10.4 Å². The fourth-order valence-corrected chi connectivity index (χ4v) is 5.27. The lowest BCUT2D eigenvalue weighted by Crippen LogP contribution is -2.53. The summed E-state index contributed by atoms with van der Waals surface area (Å²) >= 11 is 0. The summed E-state index contributed by atoms with van der Waals surface area (Å²) in [5.74, 6) is 2.52.